The fourth-order valence-corrected chi connectivity index (χ4v) is 5.62. The topological polar surface area (TPSA) is 115 Å². The van der Waals surface area contributed by atoms with Crippen LogP contribution in [-0.2, 0) is 12.8 Å². The molecule has 1 aromatic heterocycles. The lowest BCUT2D eigenvalue weighted by atomic mass is 10.00. The number of nitrogens with zero attached hydrogens (tertiary/aromatic N) is 1. The van der Waals surface area contributed by atoms with E-state index in [0.717, 1.165) is 80.0 Å². The van der Waals surface area contributed by atoms with Crippen LogP contribution in [0.25, 0.3) is 21.8 Å². The number of fused-ring (bicyclic) bond motifs is 2. The quantitative estimate of drug-likeness (QED) is 0.0898. The van der Waals surface area contributed by atoms with E-state index in [1.54, 1.807) is 0 Å². The molecule has 0 aliphatic heterocycles. The van der Waals surface area contributed by atoms with Gasteiger partial charge in [-0.05, 0) is 138 Å². The second-order valence-corrected chi connectivity index (χ2v) is 11.5. The summed E-state index contributed by atoms with van der Waals surface area (Å²) >= 11 is 0. The van der Waals surface area contributed by atoms with E-state index in [-0.39, 0.29) is 0 Å². The largest absolute Gasteiger partial charge is 0.399 e. The number of rotatable bonds is 8. The molecule has 7 aromatic rings. The van der Waals surface area contributed by atoms with Crippen molar-refractivity contribution in [3.8, 4) is 0 Å². The van der Waals surface area contributed by atoms with Crippen LogP contribution in [0.2, 0.25) is 0 Å². The van der Waals surface area contributed by atoms with Crippen LogP contribution in [-0.4, -0.2) is 4.98 Å². The molecular weight excluding hydrogens is 552 g/mol. The predicted octanol–water partition coefficient (Wildman–Crippen LogP) is 8.80. The van der Waals surface area contributed by atoms with Crippen molar-refractivity contribution in [3.63, 3.8) is 0 Å². The van der Waals surface area contributed by atoms with E-state index in [4.69, 9.17) is 22.2 Å². The predicted molar refractivity (Wildman–Crippen MR) is 190 cm³/mol. The maximum Gasteiger partial charge on any atom is 0.0711 e. The minimum atomic E-state index is 0.722. The van der Waals surface area contributed by atoms with Crippen LogP contribution in [0.4, 0.5) is 39.8 Å². The lowest BCUT2D eigenvalue weighted by Crippen LogP contribution is -1.99. The maximum absolute atomic E-state index is 6.42. The Hall–Kier alpha value is -6.01. The first-order valence-corrected chi connectivity index (χ1v) is 15.0. The summed E-state index contributed by atoms with van der Waals surface area (Å²) in [6.45, 7) is 0. The van der Waals surface area contributed by atoms with Gasteiger partial charge in [0.15, 0.2) is 0 Å². The van der Waals surface area contributed by atoms with Crippen molar-refractivity contribution in [1.82, 2.24) is 4.98 Å². The minimum Gasteiger partial charge on any atom is -0.399 e. The Balaban J connectivity index is 1.01. The highest BCUT2D eigenvalue weighted by Crippen LogP contribution is 2.27. The van der Waals surface area contributed by atoms with Crippen LogP contribution in [0.1, 0.15) is 22.3 Å². The summed E-state index contributed by atoms with van der Waals surface area (Å²) in [5.41, 5.74) is 31.2. The average Bonchev–Trinajstić information content (AvgIpc) is 3.04. The third-order valence-corrected chi connectivity index (χ3v) is 8.04. The summed E-state index contributed by atoms with van der Waals surface area (Å²) in [6.07, 6.45) is 1.58. The van der Waals surface area contributed by atoms with E-state index < -0.39 is 0 Å². The van der Waals surface area contributed by atoms with Crippen LogP contribution < -0.4 is 27.8 Å². The molecule has 0 amide bonds. The molecule has 0 bridgehead atoms. The van der Waals surface area contributed by atoms with Gasteiger partial charge in [-0.1, -0.05) is 30.3 Å². The second-order valence-electron chi connectivity index (χ2n) is 11.5. The van der Waals surface area contributed by atoms with Gasteiger partial charge in [0.1, 0.15) is 0 Å². The van der Waals surface area contributed by atoms with E-state index in [1.807, 2.05) is 54.6 Å². The van der Waals surface area contributed by atoms with Gasteiger partial charge in [0.25, 0.3) is 0 Å². The molecule has 0 fully saturated rings. The van der Waals surface area contributed by atoms with E-state index >= 15 is 0 Å². The molecule has 220 valence electrons. The highest BCUT2D eigenvalue weighted by molar-refractivity contribution is 5.94. The van der Waals surface area contributed by atoms with Gasteiger partial charge in [0, 0.05) is 50.6 Å². The fourth-order valence-electron chi connectivity index (χ4n) is 5.62. The number of pyridine rings is 1. The summed E-state index contributed by atoms with van der Waals surface area (Å²) in [4.78, 5) is 4.80. The van der Waals surface area contributed by atoms with Crippen molar-refractivity contribution in [3.05, 3.63) is 156 Å². The number of benzene rings is 6. The molecule has 6 heteroatoms. The van der Waals surface area contributed by atoms with Crippen molar-refractivity contribution in [2.45, 2.75) is 12.8 Å². The molecule has 0 saturated heterocycles. The molecule has 7 rings (SSSR count). The average molecular weight is 587 g/mol. The third kappa shape index (κ3) is 6.50. The first-order valence-electron chi connectivity index (χ1n) is 15.0. The monoisotopic (exact) mass is 586 g/mol. The molecule has 6 aromatic carbocycles. The van der Waals surface area contributed by atoms with Crippen molar-refractivity contribution in [2.24, 2.45) is 0 Å². The molecule has 0 aliphatic rings. The smallest absolute Gasteiger partial charge is 0.0711 e. The van der Waals surface area contributed by atoms with E-state index in [0.29, 0.717) is 0 Å². The third-order valence-electron chi connectivity index (χ3n) is 8.04. The minimum absolute atomic E-state index is 0.722. The zero-order chi connectivity index (χ0) is 30.8. The highest BCUT2D eigenvalue weighted by Gasteiger charge is 2.07. The molecule has 45 heavy (non-hydrogen) atoms. The zero-order valence-corrected chi connectivity index (χ0v) is 24.8. The van der Waals surface area contributed by atoms with Gasteiger partial charge in [0.2, 0.25) is 0 Å². The molecular formula is C39H34N6. The van der Waals surface area contributed by atoms with Crippen molar-refractivity contribution in [1.29, 1.82) is 0 Å². The SMILES string of the molecule is Nc1ccc(Nc2ccc(Cc3ccc(Nc4ccc(N)c(Cc5ccc6nc7ccc(N)cc7cc6c5)c4)cc3)cc2)cc1. The second kappa shape index (κ2) is 11.9. The summed E-state index contributed by atoms with van der Waals surface area (Å²) < 4.78 is 0. The van der Waals surface area contributed by atoms with Crippen LogP contribution in [0.5, 0.6) is 0 Å². The molecule has 0 aliphatic carbocycles. The molecule has 6 nitrogen and oxygen atoms in total. The Morgan fingerprint density at radius 2 is 0.933 bits per heavy atom. The fraction of sp³-hybridized carbons (Fsp3) is 0.0513. The highest BCUT2D eigenvalue weighted by atomic mass is 14.9. The normalized spacial score (nSPS) is 11.1. The number of hydrogen-bond acceptors (Lipinski definition) is 6. The van der Waals surface area contributed by atoms with Crippen LogP contribution >= 0.6 is 0 Å². The number of nitrogen functional groups attached to an aromatic ring is 3. The Labute approximate surface area is 262 Å². The maximum atomic E-state index is 6.42. The van der Waals surface area contributed by atoms with E-state index in [2.05, 4.69) is 89.5 Å². The molecule has 0 atom stereocenters. The lowest BCUT2D eigenvalue weighted by molar-refractivity contribution is 1.19. The Kier molecular flexibility index (Phi) is 7.37. The van der Waals surface area contributed by atoms with Gasteiger partial charge in [-0.2, -0.15) is 0 Å². The van der Waals surface area contributed by atoms with E-state index in [1.165, 1.54) is 16.7 Å². The molecule has 0 saturated carbocycles. The van der Waals surface area contributed by atoms with Crippen molar-refractivity contribution < 1.29 is 0 Å². The first-order chi connectivity index (χ1) is 21.9. The molecule has 1 heterocycles. The van der Waals surface area contributed by atoms with Crippen LogP contribution in [0, 0.1) is 0 Å². The number of nitrogens with one attached hydrogen (secondary N) is 2. The van der Waals surface area contributed by atoms with Gasteiger partial charge in [0.05, 0.1) is 11.0 Å². The van der Waals surface area contributed by atoms with Gasteiger partial charge < -0.3 is 27.8 Å². The Morgan fingerprint density at radius 1 is 0.422 bits per heavy atom. The standard InChI is InChI=1S/C39H34N6/c40-31-6-13-35(14-7-31)43-33-9-1-25(2-10-33)19-26-3-11-34(12-4-26)44-36-15-16-37(42)28(24-36)20-27-5-17-38-29(21-27)22-30-23-32(41)8-18-39(30)45-38/h1-18,21-24,43-44H,19-20,40-42H2. The number of anilines is 7. The summed E-state index contributed by atoms with van der Waals surface area (Å²) in [5, 5.41) is 9.08. The number of nitrogens with two attached hydrogens (primary N) is 3. The first kappa shape index (κ1) is 27.8. The van der Waals surface area contributed by atoms with E-state index in [9.17, 15) is 0 Å². The van der Waals surface area contributed by atoms with Gasteiger partial charge in [-0.25, -0.2) is 4.98 Å². The van der Waals surface area contributed by atoms with Gasteiger partial charge in [-0.3, -0.25) is 0 Å². The number of hydrogen-bond donors (Lipinski definition) is 5. The lowest BCUT2D eigenvalue weighted by Gasteiger charge is -2.12. The Morgan fingerprint density at radius 3 is 1.60 bits per heavy atom. The van der Waals surface area contributed by atoms with Crippen molar-refractivity contribution in [2.75, 3.05) is 27.8 Å². The summed E-state index contributed by atoms with van der Waals surface area (Å²) in [6, 6.07) is 45.3. The summed E-state index contributed by atoms with van der Waals surface area (Å²) in [5.74, 6) is 0. The van der Waals surface area contributed by atoms with Crippen LogP contribution in [0.3, 0.4) is 0 Å². The van der Waals surface area contributed by atoms with Gasteiger partial charge in [-0.15, -0.1) is 0 Å². The number of aromatic nitrogens is 1. The molecule has 0 unspecified atom stereocenters. The zero-order valence-electron chi connectivity index (χ0n) is 24.8. The molecule has 0 spiro atoms. The molecule has 0 radical (unpaired) electrons. The summed E-state index contributed by atoms with van der Waals surface area (Å²) in [7, 11) is 0. The Bertz CT molecular complexity index is 2120. The van der Waals surface area contributed by atoms with Gasteiger partial charge >= 0.3 is 0 Å². The molecule has 8 N–H and O–H groups in total. The van der Waals surface area contributed by atoms with Crippen LogP contribution in [0.15, 0.2) is 133 Å². The van der Waals surface area contributed by atoms with Crippen molar-refractivity contribution >= 4 is 61.6 Å².